The first kappa shape index (κ1) is 27.9. The number of hydroxylamine groups is 1. The molecule has 0 radical (unpaired) electrons. The molecule has 0 spiro atoms. The molecule has 1 amide bonds. The molecule has 11 heteroatoms. The lowest BCUT2D eigenvalue weighted by Crippen LogP contribution is -2.68. The zero-order chi connectivity index (χ0) is 27.6. The molecule has 1 aliphatic heterocycles. The van der Waals surface area contributed by atoms with Crippen molar-refractivity contribution in [2.24, 2.45) is 0 Å². The number of fused-ring (bicyclic) bond motifs is 1. The molecule has 0 saturated carbocycles. The highest BCUT2D eigenvalue weighted by Crippen LogP contribution is 2.24. The number of para-hydroxylation sites is 1. The first-order chi connectivity index (χ1) is 17.9. The maximum atomic E-state index is 13.1. The number of amides is 1. The van der Waals surface area contributed by atoms with E-state index < -0.39 is 33.2 Å². The topological polar surface area (TPSA) is 139 Å². The van der Waals surface area contributed by atoms with Crippen molar-refractivity contribution in [3.05, 3.63) is 65.9 Å². The van der Waals surface area contributed by atoms with Crippen LogP contribution in [0.1, 0.15) is 38.4 Å². The second-order valence-electron chi connectivity index (χ2n) is 10.4. The number of aromatic nitrogens is 1. The number of sulfonamides is 1. The van der Waals surface area contributed by atoms with Gasteiger partial charge in [0, 0.05) is 23.2 Å². The molecule has 204 valence electrons. The smallest absolute Gasteiger partial charge is 0.278 e. The van der Waals surface area contributed by atoms with E-state index in [1.807, 2.05) is 37.3 Å². The fraction of sp³-hybridized carbons (Fsp3) is 0.407. The third-order valence-electron chi connectivity index (χ3n) is 6.18. The molecule has 4 rings (SSSR count). The average molecular weight is 543 g/mol. The third-order valence-corrected chi connectivity index (χ3v) is 7.67. The summed E-state index contributed by atoms with van der Waals surface area (Å²) >= 11 is 0. The van der Waals surface area contributed by atoms with E-state index >= 15 is 0 Å². The summed E-state index contributed by atoms with van der Waals surface area (Å²) in [5.41, 5.74) is 2.28. The van der Waals surface area contributed by atoms with Crippen molar-refractivity contribution in [3.63, 3.8) is 0 Å². The Bertz CT molecular complexity index is 1410. The van der Waals surface area contributed by atoms with Gasteiger partial charge >= 0.3 is 0 Å². The highest BCUT2D eigenvalue weighted by Gasteiger charge is 2.48. The fourth-order valence-electron chi connectivity index (χ4n) is 4.22. The molecular formula is C27H34N4O6S. The lowest BCUT2D eigenvalue weighted by Gasteiger charge is -2.39. The number of pyridine rings is 1. The second-order valence-corrected chi connectivity index (χ2v) is 12.1. The number of piperidine rings is 1. The molecule has 4 N–H and O–H groups in total. The van der Waals surface area contributed by atoms with Gasteiger partial charge in [-0.05, 0) is 77.1 Å². The van der Waals surface area contributed by atoms with Crippen LogP contribution >= 0.6 is 0 Å². The Kier molecular flexibility index (Phi) is 8.05. The quantitative estimate of drug-likeness (QED) is 0.318. The summed E-state index contributed by atoms with van der Waals surface area (Å²) in [5, 5.41) is 15.0. The van der Waals surface area contributed by atoms with Crippen molar-refractivity contribution in [1.82, 2.24) is 20.5 Å². The van der Waals surface area contributed by atoms with E-state index in [1.54, 1.807) is 32.9 Å². The molecule has 3 aromatic rings. The van der Waals surface area contributed by atoms with Gasteiger partial charge in [-0.3, -0.25) is 14.6 Å². The van der Waals surface area contributed by atoms with E-state index in [4.69, 9.17) is 9.57 Å². The van der Waals surface area contributed by atoms with E-state index in [-0.39, 0.29) is 17.9 Å². The van der Waals surface area contributed by atoms with Gasteiger partial charge in [0.05, 0.1) is 22.1 Å². The van der Waals surface area contributed by atoms with Gasteiger partial charge in [0.15, 0.2) is 5.60 Å². The van der Waals surface area contributed by atoms with E-state index in [2.05, 4.69) is 20.5 Å². The van der Waals surface area contributed by atoms with Gasteiger partial charge in [0.25, 0.3) is 5.91 Å². The van der Waals surface area contributed by atoms with E-state index in [9.17, 15) is 18.3 Å². The van der Waals surface area contributed by atoms with Crippen molar-refractivity contribution in [3.8, 4) is 5.75 Å². The van der Waals surface area contributed by atoms with Gasteiger partial charge < -0.3 is 15.2 Å². The highest BCUT2D eigenvalue weighted by atomic mass is 32.2. The van der Waals surface area contributed by atoms with Crippen LogP contribution in [0.3, 0.4) is 0 Å². The van der Waals surface area contributed by atoms with Gasteiger partial charge in [0.1, 0.15) is 12.4 Å². The van der Waals surface area contributed by atoms with Crippen LogP contribution in [-0.4, -0.2) is 54.7 Å². The zero-order valence-electron chi connectivity index (χ0n) is 21.9. The highest BCUT2D eigenvalue weighted by molar-refractivity contribution is 7.89. The van der Waals surface area contributed by atoms with Crippen molar-refractivity contribution in [2.45, 2.75) is 62.9 Å². The molecule has 38 heavy (non-hydrogen) atoms. The predicted molar refractivity (Wildman–Crippen MR) is 143 cm³/mol. The molecule has 1 fully saturated rings. The monoisotopic (exact) mass is 542 g/mol. The van der Waals surface area contributed by atoms with Crippen LogP contribution in [-0.2, 0) is 26.3 Å². The Balaban J connectivity index is 1.45. The van der Waals surface area contributed by atoms with Crippen molar-refractivity contribution in [2.75, 3.05) is 13.1 Å². The number of aryl methyl sites for hydroxylation is 1. The number of nitrogens with zero attached hydrogens (tertiary/aromatic N) is 1. The molecule has 1 aromatic heterocycles. The fourth-order valence-corrected chi connectivity index (χ4v) is 5.53. The second kappa shape index (κ2) is 11.0. The van der Waals surface area contributed by atoms with Crippen LogP contribution in [0.15, 0.2) is 59.5 Å². The number of carbonyl (C=O) groups is 1. The molecule has 1 aliphatic rings. The van der Waals surface area contributed by atoms with Gasteiger partial charge in [-0.2, -0.15) is 0 Å². The molecule has 2 aromatic carbocycles. The largest absolute Gasteiger partial charge is 0.489 e. The molecule has 2 atom stereocenters. The van der Waals surface area contributed by atoms with Crippen molar-refractivity contribution >= 4 is 26.8 Å². The van der Waals surface area contributed by atoms with Crippen LogP contribution in [0.4, 0.5) is 0 Å². The van der Waals surface area contributed by atoms with E-state index in [0.29, 0.717) is 18.9 Å². The van der Waals surface area contributed by atoms with Gasteiger partial charge in [-0.1, -0.05) is 18.2 Å². The number of nitrogens with one attached hydrogen (secondary N) is 3. The average Bonchev–Trinajstić information content (AvgIpc) is 2.87. The van der Waals surface area contributed by atoms with E-state index in [1.165, 1.54) is 12.1 Å². The molecule has 0 aliphatic carbocycles. The van der Waals surface area contributed by atoms with Gasteiger partial charge in [-0.25, -0.2) is 18.6 Å². The minimum absolute atomic E-state index is 0.0118. The summed E-state index contributed by atoms with van der Waals surface area (Å²) in [4.78, 5) is 22.6. The Morgan fingerprint density at radius 2 is 1.89 bits per heavy atom. The standard InChI is InChI=1S/C27H34N4O6S/c1-18-15-19(22-7-5-6-8-23(22)29-18)16-36-20-9-11-21(12-10-20)38(34,35)31-24-13-14-28-17-27(24,33)25(32)30-37-26(2,3)4/h5-12,15,24,28,31,33H,13-14,16-17H2,1-4H3,(H,30,32). The van der Waals surface area contributed by atoms with Gasteiger partial charge in [0.2, 0.25) is 10.0 Å². The SMILES string of the molecule is Cc1cc(COc2ccc(S(=O)(=O)NC3CCNCC3(O)C(=O)NOC(C)(C)C)cc2)c2ccccc2n1. The summed E-state index contributed by atoms with van der Waals surface area (Å²) in [6, 6.07) is 14.7. The minimum Gasteiger partial charge on any atom is -0.489 e. The predicted octanol–water partition coefficient (Wildman–Crippen LogP) is 2.34. The van der Waals surface area contributed by atoms with Crippen molar-refractivity contribution < 1.29 is 27.9 Å². The maximum absolute atomic E-state index is 13.1. The Hall–Kier alpha value is -3.09. The van der Waals surface area contributed by atoms with Crippen LogP contribution in [0.5, 0.6) is 5.75 Å². The van der Waals surface area contributed by atoms with Crippen LogP contribution in [0.25, 0.3) is 10.9 Å². The van der Waals surface area contributed by atoms with E-state index in [0.717, 1.165) is 22.2 Å². The first-order valence-corrected chi connectivity index (χ1v) is 13.9. The summed E-state index contributed by atoms with van der Waals surface area (Å²) in [5.74, 6) is -0.325. The molecular weight excluding hydrogens is 508 g/mol. The van der Waals surface area contributed by atoms with Crippen molar-refractivity contribution in [1.29, 1.82) is 0 Å². The zero-order valence-corrected chi connectivity index (χ0v) is 22.8. The number of carbonyl (C=O) groups excluding carboxylic acids is 1. The van der Waals surface area contributed by atoms with Crippen LogP contribution in [0.2, 0.25) is 0 Å². The van der Waals surface area contributed by atoms with Crippen LogP contribution < -0.4 is 20.3 Å². The Morgan fingerprint density at radius 3 is 2.61 bits per heavy atom. The summed E-state index contributed by atoms with van der Waals surface area (Å²) in [7, 11) is -4.05. The Morgan fingerprint density at radius 1 is 1.18 bits per heavy atom. The minimum atomic E-state index is -4.05. The summed E-state index contributed by atoms with van der Waals surface area (Å²) < 4.78 is 34.7. The normalized spacial score (nSPS) is 20.3. The molecule has 2 heterocycles. The number of aliphatic hydroxyl groups is 1. The number of hydrogen-bond donors (Lipinski definition) is 4. The van der Waals surface area contributed by atoms with Crippen LogP contribution in [0, 0.1) is 6.92 Å². The molecule has 2 unspecified atom stereocenters. The number of benzene rings is 2. The lowest BCUT2D eigenvalue weighted by atomic mass is 9.88. The maximum Gasteiger partial charge on any atom is 0.278 e. The summed E-state index contributed by atoms with van der Waals surface area (Å²) in [6.07, 6.45) is 0.208. The Labute approximate surface area is 222 Å². The molecule has 10 nitrogen and oxygen atoms in total. The number of rotatable bonds is 8. The lowest BCUT2D eigenvalue weighted by molar-refractivity contribution is -0.167. The number of β-amino-alcohol motifs (C(OH)–C–C–N with tert-alkyl or cyclic N) is 1. The number of hydrogen-bond acceptors (Lipinski definition) is 8. The molecule has 0 bridgehead atoms. The third kappa shape index (κ3) is 6.48. The first-order valence-electron chi connectivity index (χ1n) is 12.4. The number of ether oxygens (including phenoxy) is 1. The molecule has 1 saturated heterocycles. The van der Waals surface area contributed by atoms with Gasteiger partial charge in [-0.15, -0.1) is 0 Å². The summed E-state index contributed by atoms with van der Waals surface area (Å²) in [6.45, 7) is 7.74.